The van der Waals surface area contributed by atoms with E-state index < -0.39 is 11.8 Å². The predicted molar refractivity (Wildman–Crippen MR) is 61.2 cm³/mol. The highest BCUT2D eigenvalue weighted by molar-refractivity contribution is 9.10. The van der Waals surface area contributed by atoms with Crippen LogP contribution in [-0.4, -0.2) is 19.7 Å². The van der Waals surface area contributed by atoms with Crippen LogP contribution in [0.4, 0.5) is 4.39 Å². The second-order valence-corrected chi connectivity index (χ2v) is 3.93. The van der Waals surface area contributed by atoms with Crippen LogP contribution in [0.15, 0.2) is 16.6 Å². The molecule has 1 aromatic rings. The van der Waals surface area contributed by atoms with Crippen molar-refractivity contribution in [3.05, 3.63) is 28.0 Å². The second-order valence-electron chi connectivity index (χ2n) is 3.07. The fourth-order valence-electron chi connectivity index (χ4n) is 1.15. The minimum atomic E-state index is -0.730. The molecule has 0 saturated carbocycles. The Morgan fingerprint density at radius 2 is 2.19 bits per heavy atom. The van der Waals surface area contributed by atoms with Gasteiger partial charge in [0, 0.05) is 4.47 Å². The maximum atomic E-state index is 13.8. The lowest BCUT2D eigenvalue weighted by molar-refractivity contribution is 0.0593. The molecule has 0 N–H and O–H groups in total. The van der Waals surface area contributed by atoms with Crippen molar-refractivity contribution in [2.75, 3.05) is 13.7 Å². The van der Waals surface area contributed by atoms with E-state index in [0.717, 1.165) is 6.42 Å². The zero-order chi connectivity index (χ0) is 12.1. The Hall–Kier alpha value is -1.10. The van der Waals surface area contributed by atoms with E-state index in [4.69, 9.17) is 4.74 Å². The lowest BCUT2D eigenvalue weighted by Gasteiger charge is -2.09. The summed E-state index contributed by atoms with van der Waals surface area (Å²) < 4.78 is 23.9. The lowest BCUT2D eigenvalue weighted by atomic mass is 10.2. The molecule has 88 valence electrons. The average molecular weight is 291 g/mol. The molecular formula is C11H12BrFO3. The fourth-order valence-corrected chi connectivity index (χ4v) is 1.61. The quantitative estimate of drug-likeness (QED) is 0.799. The van der Waals surface area contributed by atoms with E-state index in [9.17, 15) is 9.18 Å². The van der Waals surface area contributed by atoms with Crippen LogP contribution in [0.25, 0.3) is 0 Å². The summed E-state index contributed by atoms with van der Waals surface area (Å²) in [6, 6.07) is 3.03. The Balaban J connectivity index is 3.11. The standard InChI is InChI=1S/C11H12BrFO3/c1-3-6-16-8-5-4-7(12)9(10(8)13)11(14)15-2/h4-5H,3,6H2,1-2H3. The summed E-state index contributed by atoms with van der Waals surface area (Å²) in [5.41, 5.74) is -0.142. The van der Waals surface area contributed by atoms with Crippen LogP contribution in [0.5, 0.6) is 5.75 Å². The van der Waals surface area contributed by atoms with Gasteiger partial charge in [0.2, 0.25) is 0 Å². The highest BCUT2D eigenvalue weighted by Crippen LogP contribution is 2.28. The van der Waals surface area contributed by atoms with Gasteiger partial charge in [0.05, 0.1) is 13.7 Å². The number of carbonyl (C=O) groups is 1. The molecule has 0 bridgehead atoms. The van der Waals surface area contributed by atoms with Crippen molar-refractivity contribution in [1.82, 2.24) is 0 Å². The van der Waals surface area contributed by atoms with Gasteiger partial charge in [-0.15, -0.1) is 0 Å². The molecule has 5 heteroatoms. The zero-order valence-corrected chi connectivity index (χ0v) is 10.6. The van der Waals surface area contributed by atoms with Gasteiger partial charge in [-0.3, -0.25) is 0 Å². The zero-order valence-electron chi connectivity index (χ0n) is 9.05. The Morgan fingerprint density at radius 3 is 2.75 bits per heavy atom. The van der Waals surface area contributed by atoms with Crippen LogP contribution in [0.2, 0.25) is 0 Å². The summed E-state index contributed by atoms with van der Waals surface area (Å²) in [6.07, 6.45) is 0.767. The molecule has 0 amide bonds. The van der Waals surface area contributed by atoms with E-state index in [1.54, 1.807) is 6.07 Å². The first-order valence-electron chi connectivity index (χ1n) is 4.81. The number of esters is 1. The Kier molecular flexibility index (Phi) is 4.73. The van der Waals surface area contributed by atoms with Crippen molar-refractivity contribution in [2.24, 2.45) is 0 Å². The van der Waals surface area contributed by atoms with Crippen molar-refractivity contribution in [2.45, 2.75) is 13.3 Å². The molecule has 0 saturated heterocycles. The number of ether oxygens (including phenoxy) is 2. The van der Waals surface area contributed by atoms with Gasteiger partial charge >= 0.3 is 5.97 Å². The summed E-state index contributed by atoms with van der Waals surface area (Å²) >= 11 is 3.09. The monoisotopic (exact) mass is 290 g/mol. The van der Waals surface area contributed by atoms with Gasteiger partial charge in [-0.05, 0) is 34.5 Å². The molecule has 3 nitrogen and oxygen atoms in total. The Labute approximate surface area is 102 Å². The number of carbonyl (C=O) groups excluding carboxylic acids is 1. The fraction of sp³-hybridized carbons (Fsp3) is 0.364. The van der Waals surface area contributed by atoms with Crippen molar-refractivity contribution < 1.29 is 18.7 Å². The van der Waals surface area contributed by atoms with E-state index in [0.29, 0.717) is 11.1 Å². The number of rotatable bonds is 4. The molecule has 0 unspecified atom stereocenters. The summed E-state index contributed by atoms with van der Waals surface area (Å²) in [5.74, 6) is -1.37. The van der Waals surface area contributed by atoms with Crippen molar-refractivity contribution >= 4 is 21.9 Å². The van der Waals surface area contributed by atoms with Crippen molar-refractivity contribution in [3.8, 4) is 5.75 Å². The normalized spacial score (nSPS) is 10.0. The molecule has 1 aromatic carbocycles. The molecule has 0 atom stereocenters. The van der Waals surface area contributed by atoms with Crippen molar-refractivity contribution in [3.63, 3.8) is 0 Å². The first-order chi connectivity index (χ1) is 7.61. The number of hydrogen-bond acceptors (Lipinski definition) is 3. The molecule has 0 aliphatic carbocycles. The van der Waals surface area contributed by atoms with Gasteiger partial charge in [-0.25, -0.2) is 9.18 Å². The van der Waals surface area contributed by atoms with E-state index in [1.807, 2.05) is 6.92 Å². The molecule has 0 aliphatic heterocycles. The largest absolute Gasteiger partial charge is 0.491 e. The van der Waals surface area contributed by atoms with Gasteiger partial charge in [0.15, 0.2) is 11.6 Å². The SMILES string of the molecule is CCCOc1ccc(Br)c(C(=O)OC)c1F. The van der Waals surface area contributed by atoms with Gasteiger partial charge < -0.3 is 9.47 Å². The summed E-state index contributed by atoms with van der Waals surface area (Å²) in [7, 11) is 1.20. The number of methoxy groups -OCH3 is 1. The van der Waals surface area contributed by atoms with Gasteiger partial charge in [-0.1, -0.05) is 6.92 Å². The number of benzene rings is 1. The van der Waals surface area contributed by atoms with E-state index in [2.05, 4.69) is 20.7 Å². The second kappa shape index (κ2) is 5.84. The number of halogens is 2. The Morgan fingerprint density at radius 1 is 1.50 bits per heavy atom. The maximum Gasteiger partial charge on any atom is 0.342 e. The third-order valence-electron chi connectivity index (χ3n) is 1.91. The van der Waals surface area contributed by atoms with Crippen LogP contribution < -0.4 is 4.74 Å². The summed E-state index contributed by atoms with van der Waals surface area (Å²) in [6.45, 7) is 2.32. The first-order valence-corrected chi connectivity index (χ1v) is 5.60. The average Bonchev–Trinajstić information content (AvgIpc) is 2.28. The van der Waals surface area contributed by atoms with Crippen LogP contribution in [0.3, 0.4) is 0 Å². The number of hydrogen-bond donors (Lipinski definition) is 0. The van der Waals surface area contributed by atoms with Crippen LogP contribution in [0, 0.1) is 5.82 Å². The minimum absolute atomic E-state index is 0.0606. The topological polar surface area (TPSA) is 35.5 Å². The third-order valence-corrected chi connectivity index (χ3v) is 2.57. The molecule has 0 aliphatic rings. The highest BCUT2D eigenvalue weighted by atomic mass is 79.9. The third kappa shape index (κ3) is 2.72. The van der Waals surface area contributed by atoms with Crippen LogP contribution >= 0.6 is 15.9 Å². The Bertz CT molecular complexity index is 393. The van der Waals surface area contributed by atoms with Crippen LogP contribution in [-0.2, 0) is 4.74 Å². The molecule has 16 heavy (non-hydrogen) atoms. The van der Waals surface area contributed by atoms with E-state index in [-0.39, 0.29) is 11.3 Å². The molecule has 0 aromatic heterocycles. The lowest BCUT2D eigenvalue weighted by Crippen LogP contribution is -2.08. The van der Waals surface area contributed by atoms with Gasteiger partial charge in [0.25, 0.3) is 0 Å². The first kappa shape index (κ1) is 13.0. The van der Waals surface area contributed by atoms with Crippen LogP contribution in [0.1, 0.15) is 23.7 Å². The van der Waals surface area contributed by atoms with Gasteiger partial charge in [0.1, 0.15) is 5.56 Å². The highest BCUT2D eigenvalue weighted by Gasteiger charge is 2.20. The van der Waals surface area contributed by atoms with E-state index >= 15 is 0 Å². The van der Waals surface area contributed by atoms with Gasteiger partial charge in [-0.2, -0.15) is 0 Å². The smallest absolute Gasteiger partial charge is 0.342 e. The maximum absolute atomic E-state index is 13.8. The van der Waals surface area contributed by atoms with E-state index in [1.165, 1.54) is 13.2 Å². The molecule has 1 rings (SSSR count). The molecule has 0 spiro atoms. The summed E-state index contributed by atoms with van der Waals surface area (Å²) in [5, 5.41) is 0. The van der Waals surface area contributed by atoms with Crippen molar-refractivity contribution in [1.29, 1.82) is 0 Å². The molecular weight excluding hydrogens is 279 g/mol. The molecule has 0 fully saturated rings. The molecule has 0 heterocycles. The molecule has 0 radical (unpaired) electrons. The predicted octanol–water partition coefficient (Wildman–Crippen LogP) is 3.16. The minimum Gasteiger partial charge on any atom is -0.491 e. The summed E-state index contributed by atoms with van der Waals surface area (Å²) in [4.78, 5) is 11.3.